The Bertz CT molecular complexity index is 629. The van der Waals surface area contributed by atoms with Gasteiger partial charge in [-0.1, -0.05) is 22.0 Å². The molecule has 0 aromatic heterocycles. The SMILES string of the molecule is COC(=O)C1CCN(S(=O)(=O)c2cc(Br)ccc2C)C1. The van der Waals surface area contributed by atoms with Gasteiger partial charge in [-0.05, 0) is 31.0 Å². The van der Waals surface area contributed by atoms with E-state index >= 15 is 0 Å². The van der Waals surface area contributed by atoms with Crippen molar-refractivity contribution >= 4 is 31.9 Å². The van der Waals surface area contributed by atoms with Crippen LogP contribution in [-0.2, 0) is 19.6 Å². The summed E-state index contributed by atoms with van der Waals surface area (Å²) in [6.45, 7) is 2.28. The van der Waals surface area contributed by atoms with E-state index in [0.717, 1.165) is 0 Å². The van der Waals surface area contributed by atoms with Gasteiger partial charge in [-0.3, -0.25) is 4.79 Å². The van der Waals surface area contributed by atoms with E-state index in [9.17, 15) is 13.2 Å². The minimum absolute atomic E-state index is 0.182. The maximum atomic E-state index is 12.6. The lowest BCUT2D eigenvalue weighted by atomic mass is 10.1. The van der Waals surface area contributed by atoms with E-state index in [-0.39, 0.29) is 23.3 Å². The fraction of sp³-hybridized carbons (Fsp3) is 0.462. The fourth-order valence-corrected chi connectivity index (χ4v) is 4.56. The first kappa shape index (κ1) is 15.5. The first-order valence-corrected chi connectivity index (χ1v) is 8.43. The number of esters is 1. The average molecular weight is 362 g/mol. The van der Waals surface area contributed by atoms with Gasteiger partial charge >= 0.3 is 5.97 Å². The highest BCUT2D eigenvalue weighted by atomic mass is 79.9. The highest BCUT2D eigenvalue weighted by molar-refractivity contribution is 9.10. The fourth-order valence-electron chi connectivity index (χ4n) is 2.30. The lowest BCUT2D eigenvalue weighted by molar-refractivity contribution is -0.144. The molecule has 1 heterocycles. The number of carbonyl (C=O) groups excluding carboxylic acids is 1. The molecule has 0 saturated carbocycles. The summed E-state index contributed by atoms with van der Waals surface area (Å²) in [5.41, 5.74) is 0.690. The lowest BCUT2D eigenvalue weighted by Gasteiger charge is -2.18. The Hall–Kier alpha value is -0.920. The second-order valence-corrected chi connectivity index (χ2v) is 7.60. The quantitative estimate of drug-likeness (QED) is 0.771. The number of aryl methyl sites for hydroxylation is 1. The maximum absolute atomic E-state index is 12.6. The summed E-state index contributed by atoms with van der Waals surface area (Å²) in [5, 5.41) is 0. The molecule has 0 amide bonds. The molecule has 0 radical (unpaired) electrons. The van der Waals surface area contributed by atoms with Crippen LogP contribution in [0.4, 0.5) is 0 Å². The smallest absolute Gasteiger partial charge is 0.310 e. The number of rotatable bonds is 3. The minimum Gasteiger partial charge on any atom is -0.469 e. The largest absolute Gasteiger partial charge is 0.469 e. The molecular formula is C13H16BrNO4S. The van der Waals surface area contributed by atoms with Crippen LogP contribution in [0.2, 0.25) is 0 Å². The Balaban J connectivity index is 2.28. The molecule has 110 valence electrons. The second kappa shape index (κ2) is 5.83. The number of methoxy groups -OCH3 is 1. The van der Waals surface area contributed by atoms with Gasteiger partial charge < -0.3 is 4.74 Å². The predicted octanol–water partition coefficient (Wildman–Crippen LogP) is 1.94. The third-order valence-electron chi connectivity index (χ3n) is 3.45. The summed E-state index contributed by atoms with van der Waals surface area (Å²) in [7, 11) is -2.25. The van der Waals surface area contributed by atoms with E-state index in [2.05, 4.69) is 20.7 Å². The van der Waals surface area contributed by atoms with Crippen LogP contribution < -0.4 is 0 Å². The second-order valence-electron chi connectivity index (χ2n) is 4.78. The molecule has 1 fully saturated rings. The number of hydrogen-bond acceptors (Lipinski definition) is 4. The predicted molar refractivity (Wildman–Crippen MR) is 77.8 cm³/mol. The van der Waals surface area contributed by atoms with Gasteiger partial charge in [0, 0.05) is 17.6 Å². The van der Waals surface area contributed by atoms with Gasteiger partial charge in [0.25, 0.3) is 0 Å². The highest BCUT2D eigenvalue weighted by Crippen LogP contribution is 2.28. The van der Waals surface area contributed by atoms with Crippen LogP contribution >= 0.6 is 15.9 Å². The Morgan fingerprint density at radius 2 is 2.15 bits per heavy atom. The van der Waals surface area contributed by atoms with Crippen molar-refractivity contribution in [2.45, 2.75) is 18.2 Å². The Morgan fingerprint density at radius 3 is 2.80 bits per heavy atom. The van der Waals surface area contributed by atoms with Crippen molar-refractivity contribution in [3.63, 3.8) is 0 Å². The van der Waals surface area contributed by atoms with Gasteiger partial charge in [0.2, 0.25) is 10.0 Å². The number of halogens is 1. The van der Waals surface area contributed by atoms with Crippen LogP contribution in [0.15, 0.2) is 27.6 Å². The van der Waals surface area contributed by atoms with Crippen LogP contribution in [0.1, 0.15) is 12.0 Å². The van der Waals surface area contributed by atoms with Gasteiger partial charge in [0.05, 0.1) is 17.9 Å². The first-order chi connectivity index (χ1) is 9.36. The van der Waals surface area contributed by atoms with Crippen molar-refractivity contribution < 1.29 is 17.9 Å². The Labute approximate surface area is 127 Å². The highest BCUT2D eigenvalue weighted by Gasteiger charge is 2.36. The molecule has 1 aliphatic heterocycles. The summed E-state index contributed by atoms with van der Waals surface area (Å²) >= 11 is 3.29. The summed E-state index contributed by atoms with van der Waals surface area (Å²) in [6, 6.07) is 5.15. The van der Waals surface area contributed by atoms with Crippen molar-refractivity contribution in [3.05, 3.63) is 28.2 Å². The van der Waals surface area contributed by atoms with Gasteiger partial charge in [-0.15, -0.1) is 0 Å². The standard InChI is InChI=1S/C13H16BrNO4S/c1-9-3-4-11(14)7-12(9)20(17,18)15-6-5-10(8-15)13(16)19-2/h3-4,7,10H,5-6,8H2,1-2H3. The van der Waals surface area contributed by atoms with Crippen LogP contribution in [0.25, 0.3) is 0 Å². The minimum atomic E-state index is -3.57. The maximum Gasteiger partial charge on any atom is 0.310 e. The van der Waals surface area contributed by atoms with Gasteiger partial charge in [0.1, 0.15) is 0 Å². The molecular weight excluding hydrogens is 346 g/mol. The molecule has 7 heteroatoms. The zero-order valence-electron chi connectivity index (χ0n) is 11.3. The molecule has 2 rings (SSSR count). The third kappa shape index (κ3) is 2.89. The molecule has 0 bridgehead atoms. The number of ether oxygens (including phenoxy) is 1. The number of hydrogen-bond donors (Lipinski definition) is 0. The van der Waals surface area contributed by atoms with E-state index in [0.29, 0.717) is 23.0 Å². The van der Waals surface area contributed by atoms with Gasteiger partial charge in [0.15, 0.2) is 0 Å². The number of carbonyl (C=O) groups is 1. The molecule has 0 spiro atoms. The molecule has 1 saturated heterocycles. The topological polar surface area (TPSA) is 63.7 Å². The van der Waals surface area contributed by atoms with Crippen LogP contribution in [0.5, 0.6) is 0 Å². The summed E-state index contributed by atoms with van der Waals surface area (Å²) < 4.78 is 32.0. The third-order valence-corrected chi connectivity index (χ3v) is 5.95. The van der Waals surface area contributed by atoms with E-state index in [1.165, 1.54) is 11.4 Å². The molecule has 1 unspecified atom stereocenters. The summed E-state index contributed by atoms with van der Waals surface area (Å²) in [5.74, 6) is -0.726. The zero-order valence-corrected chi connectivity index (χ0v) is 13.7. The molecule has 1 aliphatic rings. The van der Waals surface area contributed by atoms with Crippen molar-refractivity contribution in [2.75, 3.05) is 20.2 Å². The Morgan fingerprint density at radius 1 is 1.45 bits per heavy atom. The summed E-state index contributed by atoms with van der Waals surface area (Å²) in [6.07, 6.45) is 0.499. The number of benzene rings is 1. The first-order valence-electron chi connectivity index (χ1n) is 6.20. The molecule has 1 aromatic carbocycles. The molecule has 0 N–H and O–H groups in total. The number of nitrogens with zero attached hydrogens (tertiary/aromatic N) is 1. The summed E-state index contributed by atoms with van der Waals surface area (Å²) in [4.78, 5) is 11.8. The molecule has 1 aromatic rings. The van der Waals surface area contributed by atoms with Crippen molar-refractivity contribution in [2.24, 2.45) is 5.92 Å². The van der Waals surface area contributed by atoms with Gasteiger partial charge in [-0.2, -0.15) is 4.31 Å². The van der Waals surface area contributed by atoms with Crippen LogP contribution in [0, 0.1) is 12.8 Å². The molecule has 20 heavy (non-hydrogen) atoms. The molecule has 5 nitrogen and oxygen atoms in total. The van der Waals surface area contributed by atoms with E-state index in [1.54, 1.807) is 25.1 Å². The molecule has 1 atom stereocenters. The lowest BCUT2D eigenvalue weighted by Crippen LogP contribution is -2.30. The van der Waals surface area contributed by atoms with Gasteiger partial charge in [-0.25, -0.2) is 8.42 Å². The van der Waals surface area contributed by atoms with Crippen molar-refractivity contribution in [1.29, 1.82) is 0 Å². The number of sulfonamides is 1. The normalized spacial score (nSPS) is 20.1. The van der Waals surface area contributed by atoms with E-state index in [1.807, 2.05) is 0 Å². The monoisotopic (exact) mass is 361 g/mol. The van der Waals surface area contributed by atoms with E-state index < -0.39 is 10.0 Å². The van der Waals surface area contributed by atoms with Crippen molar-refractivity contribution in [3.8, 4) is 0 Å². The van der Waals surface area contributed by atoms with Crippen LogP contribution in [-0.4, -0.2) is 38.9 Å². The van der Waals surface area contributed by atoms with Crippen molar-refractivity contribution in [1.82, 2.24) is 4.31 Å². The Kier molecular flexibility index (Phi) is 4.51. The molecule has 0 aliphatic carbocycles. The van der Waals surface area contributed by atoms with Crippen LogP contribution in [0.3, 0.4) is 0 Å². The van der Waals surface area contributed by atoms with E-state index in [4.69, 9.17) is 0 Å². The average Bonchev–Trinajstić information content (AvgIpc) is 2.91. The zero-order chi connectivity index (χ0) is 14.9.